The van der Waals surface area contributed by atoms with Crippen LogP contribution in [0.15, 0.2) is 59.5 Å². The van der Waals surface area contributed by atoms with Gasteiger partial charge in [0.15, 0.2) is 5.78 Å². The SMILES string of the molecule is COc1ccc(SCC(=O)N[C@@H](Cc2ccccc2)C(C)=O)cc1. The minimum absolute atomic E-state index is 0.0401. The molecule has 0 aliphatic carbocycles. The van der Waals surface area contributed by atoms with E-state index in [0.717, 1.165) is 16.2 Å². The molecule has 4 nitrogen and oxygen atoms in total. The Morgan fingerprint density at radius 3 is 2.33 bits per heavy atom. The molecule has 1 atom stereocenters. The summed E-state index contributed by atoms with van der Waals surface area (Å²) in [5.41, 5.74) is 1.03. The Balaban J connectivity index is 1.87. The number of nitrogens with one attached hydrogen (secondary N) is 1. The number of ketones is 1. The van der Waals surface area contributed by atoms with Crippen molar-refractivity contribution in [2.45, 2.75) is 24.3 Å². The second-order valence-corrected chi connectivity index (χ2v) is 6.43. The number of amides is 1. The Hall–Kier alpha value is -2.27. The maximum atomic E-state index is 12.1. The van der Waals surface area contributed by atoms with Crippen LogP contribution in [0.2, 0.25) is 0 Å². The van der Waals surface area contributed by atoms with Crippen molar-refractivity contribution >= 4 is 23.5 Å². The van der Waals surface area contributed by atoms with Crippen LogP contribution >= 0.6 is 11.8 Å². The van der Waals surface area contributed by atoms with Gasteiger partial charge in [0, 0.05) is 4.90 Å². The molecular weight excluding hydrogens is 322 g/mol. The largest absolute Gasteiger partial charge is 0.497 e. The van der Waals surface area contributed by atoms with Crippen LogP contribution in [0.3, 0.4) is 0 Å². The van der Waals surface area contributed by atoms with Gasteiger partial charge in [0.1, 0.15) is 5.75 Å². The lowest BCUT2D eigenvalue weighted by atomic mass is 10.0. The highest BCUT2D eigenvalue weighted by atomic mass is 32.2. The average Bonchev–Trinajstić information content (AvgIpc) is 2.60. The third-order valence-corrected chi connectivity index (χ3v) is 4.55. The summed E-state index contributed by atoms with van der Waals surface area (Å²) in [6, 6.07) is 16.7. The van der Waals surface area contributed by atoms with Crippen molar-refractivity contribution in [2.75, 3.05) is 12.9 Å². The van der Waals surface area contributed by atoms with Crippen molar-refractivity contribution in [3.8, 4) is 5.75 Å². The van der Waals surface area contributed by atoms with Crippen LogP contribution in [-0.2, 0) is 16.0 Å². The molecule has 126 valence electrons. The van der Waals surface area contributed by atoms with E-state index in [4.69, 9.17) is 4.74 Å². The lowest BCUT2D eigenvalue weighted by Gasteiger charge is -2.16. The number of benzene rings is 2. The minimum Gasteiger partial charge on any atom is -0.497 e. The number of hydrogen-bond donors (Lipinski definition) is 1. The number of carbonyl (C=O) groups excluding carboxylic acids is 2. The van der Waals surface area contributed by atoms with Crippen LogP contribution in [0, 0.1) is 0 Å². The molecule has 24 heavy (non-hydrogen) atoms. The second kappa shape index (κ2) is 9.13. The molecule has 0 aliphatic heterocycles. The van der Waals surface area contributed by atoms with E-state index >= 15 is 0 Å². The molecule has 2 aromatic carbocycles. The molecule has 5 heteroatoms. The molecule has 0 radical (unpaired) electrons. The first-order valence-electron chi connectivity index (χ1n) is 7.69. The lowest BCUT2D eigenvalue weighted by molar-refractivity contribution is -0.125. The molecule has 1 amide bonds. The standard InChI is InChI=1S/C19H21NO3S/c1-14(21)18(12-15-6-4-3-5-7-15)20-19(22)13-24-17-10-8-16(23-2)9-11-17/h3-11,18H,12-13H2,1-2H3,(H,20,22)/t18-/m0/s1. The van der Waals surface area contributed by atoms with Crippen LogP contribution in [0.4, 0.5) is 0 Å². The molecule has 0 aliphatic rings. The van der Waals surface area contributed by atoms with Gasteiger partial charge in [-0.3, -0.25) is 9.59 Å². The summed E-state index contributed by atoms with van der Waals surface area (Å²) in [5, 5.41) is 2.82. The van der Waals surface area contributed by atoms with E-state index in [9.17, 15) is 9.59 Å². The molecular formula is C19H21NO3S. The van der Waals surface area contributed by atoms with Crippen molar-refractivity contribution in [2.24, 2.45) is 0 Å². The summed E-state index contributed by atoms with van der Waals surface area (Å²) >= 11 is 1.43. The Kier molecular flexibility index (Phi) is 6.88. The fourth-order valence-electron chi connectivity index (χ4n) is 2.20. The van der Waals surface area contributed by atoms with E-state index in [-0.39, 0.29) is 17.4 Å². The molecule has 2 aromatic rings. The predicted octanol–water partition coefficient (Wildman–Crippen LogP) is 3.10. The molecule has 0 fully saturated rings. The fraction of sp³-hybridized carbons (Fsp3) is 0.263. The van der Waals surface area contributed by atoms with E-state index in [1.165, 1.54) is 18.7 Å². The van der Waals surface area contributed by atoms with Gasteiger partial charge >= 0.3 is 0 Å². The van der Waals surface area contributed by atoms with Crippen molar-refractivity contribution in [1.82, 2.24) is 5.32 Å². The third-order valence-electron chi connectivity index (χ3n) is 3.54. The topological polar surface area (TPSA) is 55.4 Å². The Bertz CT molecular complexity index is 671. The van der Waals surface area contributed by atoms with Gasteiger partial charge in [-0.15, -0.1) is 11.8 Å². The number of ether oxygens (including phenoxy) is 1. The number of rotatable bonds is 8. The maximum Gasteiger partial charge on any atom is 0.230 e. The monoisotopic (exact) mass is 343 g/mol. The Labute approximate surface area is 146 Å². The Morgan fingerprint density at radius 2 is 1.75 bits per heavy atom. The van der Waals surface area contributed by atoms with Crippen molar-refractivity contribution in [1.29, 1.82) is 0 Å². The highest BCUT2D eigenvalue weighted by molar-refractivity contribution is 8.00. The molecule has 0 bridgehead atoms. The molecule has 0 unspecified atom stereocenters. The molecule has 0 heterocycles. The van der Waals surface area contributed by atoms with Gasteiger partial charge < -0.3 is 10.1 Å². The summed E-state index contributed by atoms with van der Waals surface area (Å²) in [7, 11) is 1.62. The fourth-order valence-corrected chi connectivity index (χ4v) is 2.91. The first kappa shape index (κ1) is 18.1. The lowest BCUT2D eigenvalue weighted by Crippen LogP contribution is -2.42. The minimum atomic E-state index is -0.489. The van der Waals surface area contributed by atoms with Crippen molar-refractivity contribution in [3.05, 3.63) is 60.2 Å². The van der Waals surface area contributed by atoms with Crippen LogP contribution in [0.25, 0.3) is 0 Å². The Morgan fingerprint density at radius 1 is 1.08 bits per heavy atom. The first-order valence-corrected chi connectivity index (χ1v) is 8.67. The van der Waals surface area contributed by atoms with Gasteiger partial charge in [-0.05, 0) is 43.2 Å². The van der Waals surface area contributed by atoms with E-state index in [1.807, 2.05) is 54.6 Å². The van der Waals surface area contributed by atoms with Crippen LogP contribution in [0.1, 0.15) is 12.5 Å². The van der Waals surface area contributed by atoms with Gasteiger partial charge in [-0.2, -0.15) is 0 Å². The number of carbonyl (C=O) groups is 2. The summed E-state index contributed by atoms with van der Waals surface area (Å²) in [6.45, 7) is 1.50. The molecule has 2 rings (SSSR count). The number of methoxy groups -OCH3 is 1. The van der Waals surface area contributed by atoms with Crippen molar-refractivity contribution < 1.29 is 14.3 Å². The summed E-state index contributed by atoms with van der Waals surface area (Å²) in [4.78, 5) is 24.9. The molecule has 1 N–H and O–H groups in total. The van der Waals surface area contributed by atoms with E-state index < -0.39 is 6.04 Å². The smallest absolute Gasteiger partial charge is 0.230 e. The molecule has 0 spiro atoms. The summed E-state index contributed by atoms with van der Waals surface area (Å²) in [5.74, 6) is 0.863. The van der Waals surface area contributed by atoms with Crippen molar-refractivity contribution in [3.63, 3.8) is 0 Å². The van der Waals surface area contributed by atoms with E-state index in [0.29, 0.717) is 6.42 Å². The third kappa shape index (κ3) is 5.74. The molecule has 0 saturated heterocycles. The van der Waals surface area contributed by atoms with Crippen LogP contribution in [-0.4, -0.2) is 30.6 Å². The van der Waals surface area contributed by atoms with Gasteiger partial charge in [0.2, 0.25) is 5.91 Å². The second-order valence-electron chi connectivity index (χ2n) is 5.38. The molecule has 0 saturated carbocycles. The zero-order valence-corrected chi connectivity index (χ0v) is 14.6. The number of Topliss-reactive ketones (excluding diaryl/α,β-unsaturated/α-hetero) is 1. The highest BCUT2D eigenvalue weighted by Gasteiger charge is 2.17. The zero-order valence-electron chi connectivity index (χ0n) is 13.8. The van der Waals surface area contributed by atoms with E-state index in [1.54, 1.807) is 7.11 Å². The highest BCUT2D eigenvalue weighted by Crippen LogP contribution is 2.21. The maximum absolute atomic E-state index is 12.1. The summed E-state index contributed by atoms with van der Waals surface area (Å²) < 4.78 is 5.10. The quantitative estimate of drug-likeness (QED) is 0.748. The van der Waals surface area contributed by atoms with Gasteiger partial charge in [0.25, 0.3) is 0 Å². The van der Waals surface area contributed by atoms with Gasteiger partial charge in [-0.1, -0.05) is 30.3 Å². The van der Waals surface area contributed by atoms with Gasteiger partial charge in [-0.25, -0.2) is 0 Å². The van der Waals surface area contributed by atoms with E-state index in [2.05, 4.69) is 5.32 Å². The molecule has 0 aromatic heterocycles. The number of hydrogen-bond acceptors (Lipinski definition) is 4. The van der Waals surface area contributed by atoms with Gasteiger partial charge in [0.05, 0.1) is 18.9 Å². The normalized spacial score (nSPS) is 11.6. The first-order chi connectivity index (χ1) is 11.6. The predicted molar refractivity (Wildman–Crippen MR) is 96.5 cm³/mol. The van der Waals surface area contributed by atoms with Crippen LogP contribution < -0.4 is 10.1 Å². The number of thioether (sulfide) groups is 1. The van der Waals surface area contributed by atoms with Crippen LogP contribution in [0.5, 0.6) is 5.75 Å². The average molecular weight is 343 g/mol. The summed E-state index contributed by atoms with van der Waals surface area (Å²) in [6.07, 6.45) is 0.509. The zero-order chi connectivity index (χ0) is 17.4.